The molecule has 4 N–H and O–H groups in total. The zero-order valence-corrected chi connectivity index (χ0v) is 10.4. The number of hydrogen-bond acceptors (Lipinski definition) is 4. The second-order valence-corrected chi connectivity index (χ2v) is 4.82. The first kappa shape index (κ1) is 14.7. The van der Waals surface area contributed by atoms with Gasteiger partial charge in [-0.05, 0) is 18.3 Å². The maximum atomic E-state index is 11.5. The van der Waals surface area contributed by atoms with E-state index in [1.54, 1.807) is 0 Å². The number of carbonyl (C=O) groups excluding carboxylic acids is 1. The summed E-state index contributed by atoms with van der Waals surface area (Å²) >= 11 is 0. The van der Waals surface area contributed by atoms with Gasteiger partial charge < -0.3 is 25.6 Å². The molecule has 2 amide bonds. The number of carboxylic acids is 1. The van der Waals surface area contributed by atoms with Gasteiger partial charge in [0.05, 0.1) is 6.61 Å². The van der Waals surface area contributed by atoms with Crippen LogP contribution in [-0.2, 0) is 9.53 Å². The Morgan fingerprint density at radius 3 is 2.50 bits per heavy atom. The number of ether oxygens (including phenoxy) is 1. The second kappa shape index (κ2) is 6.55. The summed E-state index contributed by atoms with van der Waals surface area (Å²) in [6.45, 7) is 3.23. The van der Waals surface area contributed by atoms with Crippen LogP contribution in [0.25, 0.3) is 0 Å². The molecule has 0 spiro atoms. The summed E-state index contributed by atoms with van der Waals surface area (Å²) < 4.78 is 5.25. The number of amides is 2. The molecule has 0 aliphatic carbocycles. The Balaban J connectivity index is 2.34. The quantitative estimate of drug-likeness (QED) is 0.535. The van der Waals surface area contributed by atoms with Crippen LogP contribution >= 0.6 is 0 Å². The molecule has 0 aromatic carbocycles. The monoisotopic (exact) mass is 260 g/mol. The highest BCUT2D eigenvalue weighted by molar-refractivity contribution is 5.82. The Labute approximate surface area is 106 Å². The molecule has 0 aromatic heterocycles. The minimum Gasteiger partial charge on any atom is -0.480 e. The highest BCUT2D eigenvalue weighted by atomic mass is 16.5. The van der Waals surface area contributed by atoms with Gasteiger partial charge in [-0.25, -0.2) is 9.59 Å². The summed E-state index contributed by atoms with van der Waals surface area (Å²) in [5, 5.41) is 22.3. The van der Waals surface area contributed by atoms with Crippen molar-refractivity contribution in [1.29, 1.82) is 0 Å². The number of hydrogen-bond donors (Lipinski definition) is 4. The standard InChI is InChI=1S/C11H20N2O5/c1-11(2-4-18-5-3-11)7-12-10(17)13-8(6-14)9(15)16/h8,14H,2-7H2,1H3,(H,15,16)(H2,12,13,17)/t8-/m0/s1. The summed E-state index contributed by atoms with van der Waals surface area (Å²) in [7, 11) is 0. The van der Waals surface area contributed by atoms with E-state index in [4.69, 9.17) is 14.9 Å². The first-order valence-electron chi connectivity index (χ1n) is 5.93. The van der Waals surface area contributed by atoms with Crippen LogP contribution in [0.4, 0.5) is 4.79 Å². The first-order chi connectivity index (χ1) is 8.47. The van der Waals surface area contributed by atoms with Crippen molar-refractivity contribution in [2.75, 3.05) is 26.4 Å². The van der Waals surface area contributed by atoms with E-state index in [1.165, 1.54) is 0 Å². The molecular formula is C11H20N2O5. The fourth-order valence-electron chi connectivity index (χ4n) is 1.73. The molecule has 0 unspecified atom stereocenters. The topological polar surface area (TPSA) is 108 Å². The van der Waals surface area contributed by atoms with Crippen LogP contribution in [-0.4, -0.2) is 54.6 Å². The van der Waals surface area contributed by atoms with E-state index < -0.39 is 24.6 Å². The van der Waals surface area contributed by atoms with Crippen molar-refractivity contribution in [3.63, 3.8) is 0 Å². The van der Waals surface area contributed by atoms with Gasteiger partial charge in [0.1, 0.15) is 0 Å². The minimum absolute atomic E-state index is 0.0203. The van der Waals surface area contributed by atoms with Crippen LogP contribution in [0, 0.1) is 5.41 Å². The lowest BCUT2D eigenvalue weighted by molar-refractivity contribution is -0.140. The molecule has 0 radical (unpaired) electrons. The van der Waals surface area contributed by atoms with Crippen molar-refractivity contribution in [1.82, 2.24) is 10.6 Å². The van der Waals surface area contributed by atoms with Crippen LogP contribution in [0.2, 0.25) is 0 Å². The van der Waals surface area contributed by atoms with Crippen molar-refractivity contribution in [2.24, 2.45) is 5.41 Å². The van der Waals surface area contributed by atoms with Gasteiger partial charge in [-0.15, -0.1) is 0 Å². The molecule has 1 aliphatic rings. The van der Waals surface area contributed by atoms with Crippen molar-refractivity contribution in [2.45, 2.75) is 25.8 Å². The summed E-state index contributed by atoms with van der Waals surface area (Å²) in [4.78, 5) is 22.1. The van der Waals surface area contributed by atoms with E-state index in [9.17, 15) is 9.59 Å². The van der Waals surface area contributed by atoms with E-state index in [2.05, 4.69) is 17.6 Å². The Morgan fingerprint density at radius 2 is 2.00 bits per heavy atom. The number of urea groups is 1. The lowest BCUT2D eigenvalue weighted by Crippen LogP contribution is -2.50. The third-order valence-corrected chi connectivity index (χ3v) is 3.16. The number of nitrogens with one attached hydrogen (secondary N) is 2. The Hall–Kier alpha value is -1.34. The Kier molecular flexibility index (Phi) is 5.36. The highest BCUT2D eigenvalue weighted by Crippen LogP contribution is 2.28. The molecule has 1 aliphatic heterocycles. The third-order valence-electron chi connectivity index (χ3n) is 3.16. The maximum Gasteiger partial charge on any atom is 0.328 e. The molecule has 1 rings (SSSR count). The number of aliphatic hydroxyl groups excluding tert-OH is 1. The summed E-state index contributed by atoms with van der Waals surface area (Å²) in [5.41, 5.74) is -0.0203. The lowest BCUT2D eigenvalue weighted by atomic mass is 9.82. The average Bonchev–Trinajstić information content (AvgIpc) is 2.34. The maximum absolute atomic E-state index is 11.5. The van der Waals surface area contributed by atoms with Gasteiger partial charge in [0.25, 0.3) is 0 Å². The molecule has 0 saturated carbocycles. The van der Waals surface area contributed by atoms with Crippen LogP contribution in [0.3, 0.4) is 0 Å². The second-order valence-electron chi connectivity index (χ2n) is 4.82. The molecule has 1 fully saturated rings. The van der Waals surface area contributed by atoms with Crippen LogP contribution in [0.15, 0.2) is 0 Å². The van der Waals surface area contributed by atoms with Gasteiger partial charge in [0, 0.05) is 19.8 Å². The van der Waals surface area contributed by atoms with Gasteiger partial charge in [-0.1, -0.05) is 6.92 Å². The van der Waals surface area contributed by atoms with E-state index in [0.717, 1.165) is 12.8 Å². The normalized spacial score (nSPS) is 19.9. The van der Waals surface area contributed by atoms with Crippen molar-refractivity contribution in [3.8, 4) is 0 Å². The summed E-state index contributed by atoms with van der Waals surface area (Å²) in [6, 6.07) is -1.85. The number of carboxylic acid groups (broad SMARTS) is 1. The molecule has 1 heterocycles. The summed E-state index contributed by atoms with van der Waals surface area (Å²) in [5.74, 6) is -1.26. The van der Waals surface area contributed by atoms with Gasteiger partial charge in [0.15, 0.2) is 6.04 Å². The van der Waals surface area contributed by atoms with Crippen LogP contribution in [0.5, 0.6) is 0 Å². The fraction of sp³-hybridized carbons (Fsp3) is 0.818. The molecule has 1 atom stereocenters. The number of aliphatic carboxylic acids is 1. The van der Waals surface area contributed by atoms with Crippen molar-refractivity contribution >= 4 is 12.0 Å². The van der Waals surface area contributed by atoms with E-state index in [1.807, 2.05) is 0 Å². The zero-order chi connectivity index (χ0) is 13.6. The van der Waals surface area contributed by atoms with Crippen molar-refractivity contribution < 1.29 is 24.5 Å². The largest absolute Gasteiger partial charge is 0.480 e. The number of rotatable bonds is 5. The van der Waals surface area contributed by atoms with Crippen LogP contribution in [0.1, 0.15) is 19.8 Å². The Bertz CT molecular complexity index is 302. The van der Waals surface area contributed by atoms with E-state index in [-0.39, 0.29) is 5.41 Å². The molecule has 7 heteroatoms. The Morgan fingerprint density at radius 1 is 1.39 bits per heavy atom. The van der Waals surface area contributed by atoms with E-state index >= 15 is 0 Å². The lowest BCUT2D eigenvalue weighted by Gasteiger charge is -2.33. The molecule has 1 saturated heterocycles. The molecule has 104 valence electrons. The predicted octanol–water partition coefficient (Wildman–Crippen LogP) is -0.452. The van der Waals surface area contributed by atoms with Gasteiger partial charge >= 0.3 is 12.0 Å². The SMILES string of the molecule is CC1(CNC(=O)N[C@@H](CO)C(=O)O)CCOCC1. The van der Waals surface area contributed by atoms with Crippen LogP contribution < -0.4 is 10.6 Å². The minimum atomic E-state index is -1.27. The first-order valence-corrected chi connectivity index (χ1v) is 5.93. The third kappa shape index (κ3) is 4.50. The number of aliphatic hydroxyl groups is 1. The molecule has 7 nitrogen and oxygen atoms in total. The van der Waals surface area contributed by atoms with Gasteiger partial charge in [-0.2, -0.15) is 0 Å². The molecular weight excluding hydrogens is 240 g/mol. The van der Waals surface area contributed by atoms with Gasteiger partial charge in [-0.3, -0.25) is 0 Å². The molecule has 18 heavy (non-hydrogen) atoms. The average molecular weight is 260 g/mol. The van der Waals surface area contributed by atoms with Crippen molar-refractivity contribution in [3.05, 3.63) is 0 Å². The molecule has 0 bridgehead atoms. The smallest absolute Gasteiger partial charge is 0.328 e. The van der Waals surface area contributed by atoms with E-state index in [0.29, 0.717) is 19.8 Å². The molecule has 0 aromatic rings. The zero-order valence-electron chi connectivity index (χ0n) is 10.4. The predicted molar refractivity (Wildman–Crippen MR) is 63.2 cm³/mol. The van der Waals surface area contributed by atoms with Gasteiger partial charge in [0.2, 0.25) is 0 Å². The number of carbonyl (C=O) groups is 2. The summed E-state index contributed by atoms with van der Waals surface area (Å²) in [6.07, 6.45) is 1.71. The highest BCUT2D eigenvalue weighted by Gasteiger charge is 2.28. The fourth-order valence-corrected chi connectivity index (χ4v) is 1.73.